The molecule has 0 aliphatic heterocycles. The number of hydrogen-bond donors (Lipinski definition) is 4. The van der Waals surface area contributed by atoms with Gasteiger partial charge in [0.05, 0.1) is 0 Å². The van der Waals surface area contributed by atoms with Crippen LogP contribution >= 0.6 is 0 Å². The lowest BCUT2D eigenvalue weighted by Crippen LogP contribution is -2.31. The van der Waals surface area contributed by atoms with Gasteiger partial charge in [-0.05, 0) is 25.1 Å². The van der Waals surface area contributed by atoms with Gasteiger partial charge in [-0.2, -0.15) is 0 Å². The molecule has 1 rings (SSSR count). The summed E-state index contributed by atoms with van der Waals surface area (Å²) in [6.45, 7) is 1.74. The van der Waals surface area contributed by atoms with Crippen LogP contribution in [0.15, 0.2) is 18.2 Å². The monoisotopic (exact) mass is 182 g/mol. The SMILES string of the molecule is C[C@H](N)[C@@H](N)c1cc(O)ccc1O. The van der Waals surface area contributed by atoms with Gasteiger partial charge >= 0.3 is 0 Å². The number of rotatable bonds is 2. The molecule has 4 heteroatoms. The third-order valence-corrected chi connectivity index (χ3v) is 1.94. The van der Waals surface area contributed by atoms with Crippen LogP contribution < -0.4 is 11.5 Å². The molecule has 13 heavy (non-hydrogen) atoms. The summed E-state index contributed by atoms with van der Waals surface area (Å²) in [5.74, 6) is 0.131. The van der Waals surface area contributed by atoms with E-state index in [4.69, 9.17) is 16.6 Å². The summed E-state index contributed by atoms with van der Waals surface area (Å²) in [6.07, 6.45) is 0. The quantitative estimate of drug-likeness (QED) is 0.499. The first-order valence-electron chi connectivity index (χ1n) is 4.05. The largest absolute Gasteiger partial charge is 0.508 e. The first-order valence-corrected chi connectivity index (χ1v) is 4.05. The van der Waals surface area contributed by atoms with E-state index in [0.29, 0.717) is 5.56 Å². The van der Waals surface area contributed by atoms with Crippen molar-refractivity contribution in [2.75, 3.05) is 0 Å². The molecule has 0 fully saturated rings. The second-order valence-corrected chi connectivity index (χ2v) is 3.13. The molecular weight excluding hydrogens is 168 g/mol. The highest BCUT2D eigenvalue weighted by Gasteiger charge is 2.15. The van der Waals surface area contributed by atoms with Crippen LogP contribution in [0, 0.1) is 0 Å². The molecule has 2 atom stereocenters. The molecule has 0 heterocycles. The normalized spacial score (nSPS) is 15.3. The maximum Gasteiger partial charge on any atom is 0.120 e. The van der Waals surface area contributed by atoms with Gasteiger partial charge in [-0.1, -0.05) is 0 Å². The number of nitrogens with two attached hydrogens (primary N) is 2. The van der Waals surface area contributed by atoms with Gasteiger partial charge in [0.2, 0.25) is 0 Å². The molecular formula is C9H14N2O2. The highest BCUT2D eigenvalue weighted by atomic mass is 16.3. The third-order valence-electron chi connectivity index (χ3n) is 1.94. The van der Waals surface area contributed by atoms with Gasteiger partial charge in [0, 0.05) is 17.6 Å². The molecule has 0 saturated carbocycles. The molecule has 4 nitrogen and oxygen atoms in total. The zero-order valence-electron chi connectivity index (χ0n) is 7.44. The molecule has 0 aliphatic carbocycles. The van der Waals surface area contributed by atoms with E-state index in [-0.39, 0.29) is 17.5 Å². The Bertz CT molecular complexity index is 300. The predicted molar refractivity (Wildman–Crippen MR) is 50.3 cm³/mol. The molecule has 0 aliphatic rings. The first-order chi connectivity index (χ1) is 6.02. The van der Waals surface area contributed by atoms with Gasteiger partial charge in [0.15, 0.2) is 0 Å². The van der Waals surface area contributed by atoms with Crippen molar-refractivity contribution in [2.45, 2.75) is 19.0 Å². The summed E-state index contributed by atoms with van der Waals surface area (Å²) in [5, 5.41) is 18.6. The van der Waals surface area contributed by atoms with Crippen LogP contribution in [0.3, 0.4) is 0 Å². The van der Waals surface area contributed by atoms with E-state index in [2.05, 4.69) is 0 Å². The number of phenolic OH excluding ortho intramolecular Hbond substituents is 2. The molecule has 0 saturated heterocycles. The fourth-order valence-corrected chi connectivity index (χ4v) is 1.09. The van der Waals surface area contributed by atoms with Crippen molar-refractivity contribution < 1.29 is 10.2 Å². The average Bonchev–Trinajstić information content (AvgIpc) is 2.08. The lowest BCUT2D eigenvalue weighted by molar-refractivity contribution is 0.442. The molecule has 0 radical (unpaired) electrons. The lowest BCUT2D eigenvalue weighted by Gasteiger charge is -2.17. The second-order valence-electron chi connectivity index (χ2n) is 3.13. The topological polar surface area (TPSA) is 92.5 Å². The molecule has 0 unspecified atom stereocenters. The van der Waals surface area contributed by atoms with E-state index < -0.39 is 6.04 Å². The van der Waals surface area contributed by atoms with Crippen LogP contribution in [0.2, 0.25) is 0 Å². The van der Waals surface area contributed by atoms with Crippen LogP contribution in [0.5, 0.6) is 11.5 Å². The standard InChI is InChI=1S/C9H14N2O2/c1-5(10)9(11)7-4-6(12)2-3-8(7)13/h2-5,9,12-13H,10-11H2,1H3/t5-,9+/m0/s1. The molecule has 6 N–H and O–H groups in total. The highest BCUT2D eigenvalue weighted by molar-refractivity contribution is 5.41. The van der Waals surface area contributed by atoms with Crippen molar-refractivity contribution in [3.05, 3.63) is 23.8 Å². The minimum Gasteiger partial charge on any atom is -0.508 e. The summed E-state index contributed by atoms with van der Waals surface area (Å²) in [6, 6.07) is 3.48. The smallest absolute Gasteiger partial charge is 0.120 e. The minimum absolute atomic E-state index is 0.0580. The number of phenols is 2. The average molecular weight is 182 g/mol. The Morgan fingerprint density at radius 3 is 2.38 bits per heavy atom. The molecule has 1 aromatic carbocycles. The Morgan fingerprint density at radius 2 is 1.85 bits per heavy atom. The summed E-state index contributed by atoms with van der Waals surface area (Å²) in [4.78, 5) is 0. The van der Waals surface area contributed by atoms with E-state index in [1.54, 1.807) is 6.92 Å². The summed E-state index contributed by atoms with van der Waals surface area (Å²) >= 11 is 0. The summed E-state index contributed by atoms with van der Waals surface area (Å²) < 4.78 is 0. The Balaban J connectivity index is 3.05. The zero-order chi connectivity index (χ0) is 10.0. The van der Waals surface area contributed by atoms with Crippen LogP contribution in [-0.2, 0) is 0 Å². The van der Waals surface area contributed by atoms with Crippen LogP contribution in [0.1, 0.15) is 18.5 Å². The fourth-order valence-electron chi connectivity index (χ4n) is 1.09. The molecule has 0 spiro atoms. The minimum atomic E-state index is -0.466. The van der Waals surface area contributed by atoms with Crippen molar-refractivity contribution in [1.29, 1.82) is 0 Å². The van der Waals surface area contributed by atoms with Gasteiger partial charge in [-0.25, -0.2) is 0 Å². The Morgan fingerprint density at radius 1 is 1.23 bits per heavy atom. The number of benzene rings is 1. The van der Waals surface area contributed by atoms with E-state index >= 15 is 0 Å². The maximum atomic E-state index is 9.41. The predicted octanol–water partition coefficient (Wildman–Crippen LogP) is 0.445. The Kier molecular flexibility index (Phi) is 2.75. The summed E-state index contributed by atoms with van der Waals surface area (Å²) in [5.41, 5.74) is 11.7. The molecule has 0 bridgehead atoms. The van der Waals surface area contributed by atoms with Gasteiger partial charge in [0.25, 0.3) is 0 Å². The van der Waals surface area contributed by atoms with Crippen LogP contribution in [0.25, 0.3) is 0 Å². The fraction of sp³-hybridized carbons (Fsp3) is 0.333. The molecule has 1 aromatic rings. The Labute approximate surface area is 76.8 Å². The van der Waals surface area contributed by atoms with Gasteiger partial charge in [-0.3, -0.25) is 0 Å². The lowest BCUT2D eigenvalue weighted by atomic mass is 10.0. The van der Waals surface area contributed by atoms with Crippen molar-refractivity contribution in [2.24, 2.45) is 11.5 Å². The van der Waals surface area contributed by atoms with E-state index in [1.165, 1.54) is 18.2 Å². The summed E-state index contributed by atoms with van der Waals surface area (Å²) in [7, 11) is 0. The third kappa shape index (κ3) is 2.11. The maximum absolute atomic E-state index is 9.41. The van der Waals surface area contributed by atoms with Crippen LogP contribution in [0.4, 0.5) is 0 Å². The second kappa shape index (κ2) is 3.64. The van der Waals surface area contributed by atoms with E-state index in [9.17, 15) is 5.11 Å². The number of aromatic hydroxyl groups is 2. The van der Waals surface area contributed by atoms with Gasteiger partial charge in [0.1, 0.15) is 11.5 Å². The zero-order valence-corrected chi connectivity index (χ0v) is 7.44. The van der Waals surface area contributed by atoms with Crippen molar-refractivity contribution in [3.8, 4) is 11.5 Å². The van der Waals surface area contributed by atoms with E-state index in [0.717, 1.165) is 0 Å². The van der Waals surface area contributed by atoms with Gasteiger partial charge in [-0.15, -0.1) is 0 Å². The highest BCUT2D eigenvalue weighted by Crippen LogP contribution is 2.27. The molecule has 0 aromatic heterocycles. The first kappa shape index (κ1) is 9.83. The van der Waals surface area contributed by atoms with Crippen molar-refractivity contribution >= 4 is 0 Å². The van der Waals surface area contributed by atoms with Crippen molar-refractivity contribution in [3.63, 3.8) is 0 Å². The van der Waals surface area contributed by atoms with E-state index in [1.807, 2.05) is 0 Å². The number of hydrogen-bond acceptors (Lipinski definition) is 4. The molecule has 72 valence electrons. The molecule has 0 amide bonds. The van der Waals surface area contributed by atoms with Crippen molar-refractivity contribution in [1.82, 2.24) is 0 Å². The van der Waals surface area contributed by atoms with Gasteiger partial charge < -0.3 is 21.7 Å². The Hall–Kier alpha value is -1.26. The van der Waals surface area contributed by atoms with Crippen LogP contribution in [-0.4, -0.2) is 16.3 Å².